The summed E-state index contributed by atoms with van der Waals surface area (Å²) >= 11 is 0. The van der Waals surface area contributed by atoms with E-state index in [1.165, 1.54) is 12.1 Å². The lowest BCUT2D eigenvalue weighted by Gasteiger charge is -2.45. The number of rotatable bonds is 5. The molecule has 0 radical (unpaired) electrons. The molecular weight excluding hydrogens is 641 g/mol. The number of ether oxygens (including phenoxy) is 1. The number of alkyl halides is 3. The molecule has 2 saturated heterocycles. The summed E-state index contributed by atoms with van der Waals surface area (Å²) < 4.78 is 101. The maximum atomic E-state index is 14.2. The second-order valence-corrected chi connectivity index (χ2v) is 16.1. The lowest BCUT2D eigenvalue weighted by molar-refractivity contribution is -0.143. The zero-order valence-corrected chi connectivity index (χ0v) is 28.4. The third kappa shape index (κ3) is 6.59. The van der Waals surface area contributed by atoms with Crippen LogP contribution in [0.5, 0.6) is 0 Å². The number of hydrogen-bond donors (Lipinski definition) is 1. The van der Waals surface area contributed by atoms with E-state index in [9.17, 15) is 31.2 Å². The fourth-order valence-corrected chi connectivity index (χ4v) is 7.26. The molecular formula is C31H38B2F3NO9S. The maximum absolute atomic E-state index is 14.2. The van der Waals surface area contributed by atoms with Gasteiger partial charge < -0.3 is 28.7 Å². The van der Waals surface area contributed by atoms with Gasteiger partial charge in [0.1, 0.15) is 6.54 Å². The molecule has 0 saturated carbocycles. The Bertz CT molecular complexity index is 1720. The Morgan fingerprint density at radius 3 is 1.87 bits per heavy atom. The van der Waals surface area contributed by atoms with Crippen LogP contribution < -0.4 is 16.2 Å². The van der Waals surface area contributed by atoms with Crippen molar-refractivity contribution in [2.45, 2.75) is 100 Å². The second kappa shape index (κ2) is 11.6. The molecule has 2 aromatic rings. The van der Waals surface area contributed by atoms with Crippen LogP contribution in [-0.2, 0) is 44.2 Å². The molecule has 2 atom stereocenters. The van der Waals surface area contributed by atoms with Crippen LogP contribution in [0.4, 0.5) is 13.2 Å². The third-order valence-corrected chi connectivity index (χ3v) is 11.1. The Hall–Kier alpha value is -2.91. The normalized spacial score (nSPS) is 25.8. The Kier molecular flexibility index (Phi) is 8.74. The molecule has 0 aromatic heterocycles. The van der Waals surface area contributed by atoms with Gasteiger partial charge in [0, 0.05) is 12.0 Å². The fourth-order valence-electron chi connectivity index (χ4n) is 5.84. The van der Waals surface area contributed by atoms with Gasteiger partial charge in [0.25, 0.3) is 5.91 Å². The summed E-state index contributed by atoms with van der Waals surface area (Å²) in [5, 5.41) is 2.42. The van der Waals surface area contributed by atoms with Crippen LogP contribution >= 0.6 is 0 Å². The molecule has 10 nitrogen and oxygen atoms in total. The van der Waals surface area contributed by atoms with Gasteiger partial charge in [0.2, 0.25) is 9.84 Å². The molecule has 16 heteroatoms. The molecule has 1 amide bonds. The number of amides is 1. The monoisotopic (exact) mass is 679 g/mol. The van der Waals surface area contributed by atoms with E-state index in [0.717, 1.165) is 18.2 Å². The van der Waals surface area contributed by atoms with Crippen LogP contribution in [-0.4, -0.2) is 70.1 Å². The molecule has 0 spiro atoms. The molecule has 254 valence electrons. The zero-order chi connectivity index (χ0) is 35.0. The first-order valence-corrected chi connectivity index (χ1v) is 16.7. The fraction of sp³-hybridized carbons (Fsp3) is 0.548. The van der Waals surface area contributed by atoms with Gasteiger partial charge in [-0.15, -0.1) is 0 Å². The molecule has 3 aliphatic rings. The van der Waals surface area contributed by atoms with Gasteiger partial charge in [-0.1, -0.05) is 19.9 Å². The van der Waals surface area contributed by atoms with Crippen molar-refractivity contribution in [2.75, 3.05) is 13.2 Å². The molecule has 3 heterocycles. The van der Waals surface area contributed by atoms with E-state index in [4.69, 9.17) is 23.4 Å². The first kappa shape index (κ1) is 35.4. The first-order chi connectivity index (χ1) is 21.5. The average molecular weight is 679 g/mol. The van der Waals surface area contributed by atoms with Crippen molar-refractivity contribution in [1.82, 2.24) is 5.32 Å². The number of sulfone groups is 1. The van der Waals surface area contributed by atoms with E-state index in [0.29, 0.717) is 6.07 Å². The third-order valence-electron chi connectivity index (χ3n) is 9.34. The topological polar surface area (TPSA) is 126 Å². The van der Waals surface area contributed by atoms with Crippen molar-refractivity contribution < 1.29 is 54.5 Å². The SMILES string of the molecule is CC(C)COC(=O)CNC(=O)c1cc2cc(c1)S(=O)(=O)c1cc(cc(C(F)(F)F)c1)B1OC(C)(C)C(C)(CC3(C)OB2OC3(C)C)O1. The predicted octanol–water partition coefficient (Wildman–Crippen LogP) is 3.43. The Morgan fingerprint density at radius 2 is 1.36 bits per heavy atom. The number of carbonyl (C=O) groups excluding carboxylic acids is 2. The van der Waals surface area contributed by atoms with E-state index < -0.39 is 86.4 Å². The van der Waals surface area contributed by atoms with Gasteiger partial charge >= 0.3 is 26.4 Å². The minimum absolute atomic E-state index is 0.0686. The standard InChI is InChI=1S/C31H38B2F3NO9S/c1-18(2)16-42-25(38)15-37-26(39)19-9-21-13-23(10-19)47(40,41)24-12-20(31(34,35)36)11-22(14-24)33-44-28(5,6)30(8,46-33)17-29(7)27(3,4)43-32(21)45-29/h9-14,18H,15-17H2,1-8H3,(H,37,39). The number of hydrogen-bond acceptors (Lipinski definition) is 9. The van der Waals surface area contributed by atoms with Gasteiger partial charge in [-0.05, 0) is 88.7 Å². The molecule has 2 unspecified atom stereocenters. The van der Waals surface area contributed by atoms with Crippen LogP contribution in [0.3, 0.4) is 0 Å². The molecule has 0 aliphatic carbocycles. The minimum Gasteiger partial charge on any atom is -0.464 e. The number of fused-ring (bicyclic) bond motifs is 10. The number of carbonyl (C=O) groups is 2. The molecule has 3 aliphatic heterocycles. The summed E-state index contributed by atoms with van der Waals surface area (Å²) in [4.78, 5) is 24.3. The highest BCUT2D eigenvalue weighted by atomic mass is 32.2. The van der Waals surface area contributed by atoms with Gasteiger partial charge in [-0.2, -0.15) is 13.2 Å². The van der Waals surface area contributed by atoms with Crippen LogP contribution in [0.15, 0.2) is 46.2 Å². The number of esters is 1. The molecule has 1 N–H and O–H groups in total. The predicted molar refractivity (Wildman–Crippen MR) is 166 cm³/mol. The summed E-state index contributed by atoms with van der Waals surface area (Å²) in [6.07, 6.45) is -4.73. The lowest BCUT2D eigenvalue weighted by Crippen LogP contribution is -2.55. The molecule has 2 fully saturated rings. The van der Waals surface area contributed by atoms with Crippen molar-refractivity contribution in [3.63, 3.8) is 0 Å². The van der Waals surface area contributed by atoms with Crippen LogP contribution in [0, 0.1) is 5.92 Å². The Balaban J connectivity index is 1.68. The van der Waals surface area contributed by atoms with Gasteiger partial charge in [0.05, 0.1) is 44.4 Å². The van der Waals surface area contributed by atoms with Gasteiger partial charge in [-0.25, -0.2) is 8.42 Å². The highest BCUT2D eigenvalue weighted by Crippen LogP contribution is 2.49. The smallest absolute Gasteiger partial charge is 0.464 e. The van der Waals surface area contributed by atoms with E-state index in [1.807, 2.05) is 13.8 Å². The van der Waals surface area contributed by atoms with Crippen molar-refractivity contribution in [1.29, 1.82) is 0 Å². The summed E-state index contributed by atoms with van der Waals surface area (Å²) in [6, 6.07) is 6.04. The van der Waals surface area contributed by atoms with Gasteiger partial charge in [0.15, 0.2) is 0 Å². The summed E-state index contributed by atoms with van der Waals surface area (Å²) in [5.74, 6) is -1.44. The maximum Gasteiger partial charge on any atom is 0.494 e. The van der Waals surface area contributed by atoms with E-state index in [1.54, 1.807) is 41.5 Å². The summed E-state index contributed by atoms with van der Waals surface area (Å²) in [5.41, 5.74) is -5.72. The van der Waals surface area contributed by atoms with Crippen molar-refractivity contribution in [3.8, 4) is 0 Å². The van der Waals surface area contributed by atoms with Crippen LogP contribution in [0.2, 0.25) is 0 Å². The highest BCUT2D eigenvalue weighted by Gasteiger charge is 2.63. The van der Waals surface area contributed by atoms with Crippen molar-refractivity contribution >= 4 is 46.9 Å². The van der Waals surface area contributed by atoms with Crippen molar-refractivity contribution in [3.05, 3.63) is 47.5 Å². The zero-order valence-electron chi connectivity index (χ0n) is 27.5. The average Bonchev–Trinajstić information content (AvgIpc) is 3.34. The number of nitrogens with one attached hydrogen (secondary N) is 1. The molecule has 5 rings (SSSR count). The highest BCUT2D eigenvalue weighted by molar-refractivity contribution is 7.91. The Morgan fingerprint density at radius 1 is 0.851 bits per heavy atom. The molecule has 8 bridgehead atoms. The van der Waals surface area contributed by atoms with Crippen LogP contribution in [0.25, 0.3) is 0 Å². The first-order valence-electron chi connectivity index (χ1n) is 15.2. The minimum atomic E-state index is -4.90. The largest absolute Gasteiger partial charge is 0.494 e. The van der Waals surface area contributed by atoms with E-state index in [-0.39, 0.29) is 35.4 Å². The summed E-state index contributed by atoms with van der Waals surface area (Å²) in [7, 11) is -7.24. The molecule has 47 heavy (non-hydrogen) atoms. The summed E-state index contributed by atoms with van der Waals surface area (Å²) in [6.45, 7) is 14.0. The molecule has 2 aromatic carbocycles. The number of halogens is 3. The lowest BCUT2D eigenvalue weighted by atomic mass is 9.73. The number of benzene rings is 2. The van der Waals surface area contributed by atoms with Crippen molar-refractivity contribution in [2.24, 2.45) is 5.92 Å². The van der Waals surface area contributed by atoms with Gasteiger partial charge in [-0.3, -0.25) is 9.59 Å². The van der Waals surface area contributed by atoms with E-state index in [2.05, 4.69) is 5.32 Å². The second-order valence-electron chi connectivity index (χ2n) is 14.1. The quantitative estimate of drug-likeness (QED) is 0.374. The Labute approximate surface area is 273 Å². The van der Waals surface area contributed by atoms with Crippen LogP contribution in [0.1, 0.15) is 77.7 Å². The van der Waals surface area contributed by atoms with E-state index >= 15 is 0 Å².